The molecule has 0 radical (unpaired) electrons. The third kappa shape index (κ3) is 6.48. The molecule has 2 amide bonds. The Morgan fingerprint density at radius 3 is 2.53 bits per heavy atom. The number of hydrogen-bond acceptors (Lipinski definition) is 5. The highest BCUT2D eigenvalue weighted by Gasteiger charge is 2.32. The quantitative estimate of drug-likeness (QED) is 0.645. The number of aromatic nitrogens is 2. The van der Waals surface area contributed by atoms with E-state index < -0.39 is 6.09 Å². The minimum Gasteiger partial charge on any atom is -0.447 e. The highest BCUT2D eigenvalue weighted by Crippen LogP contribution is 2.37. The number of alkyl carbamates (subject to hydrolysis) is 1. The van der Waals surface area contributed by atoms with Crippen molar-refractivity contribution in [3.8, 4) is 0 Å². The first-order valence-electron chi connectivity index (χ1n) is 11.2. The van der Waals surface area contributed by atoms with Gasteiger partial charge in [-0.1, -0.05) is 30.3 Å². The first-order chi connectivity index (χ1) is 15.1. The molecule has 1 heterocycles. The van der Waals surface area contributed by atoms with E-state index in [0.717, 1.165) is 30.5 Å². The van der Waals surface area contributed by atoms with Crippen molar-refractivity contribution < 1.29 is 19.1 Å². The normalized spacial score (nSPS) is 18.4. The average Bonchev–Trinajstić information content (AvgIpc) is 3.33. The Labute approximate surface area is 189 Å². The highest BCUT2D eigenvalue weighted by molar-refractivity contribution is 5.83. The van der Waals surface area contributed by atoms with Gasteiger partial charge < -0.3 is 14.8 Å². The number of amides is 2. The number of hydrogen-bond donors (Lipinski definition) is 2. The number of carbonyl (C=O) groups excluding carboxylic acids is 2. The molecule has 0 aliphatic heterocycles. The van der Waals surface area contributed by atoms with Gasteiger partial charge in [0.15, 0.2) is 5.82 Å². The van der Waals surface area contributed by atoms with Gasteiger partial charge in [-0.3, -0.25) is 10.00 Å². The van der Waals surface area contributed by atoms with Crippen molar-refractivity contribution in [3.05, 3.63) is 47.7 Å². The van der Waals surface area contributed by atoms with Crippen molar-refractivity contribution in [1.29, 1.82) is 0 Å². The van der Waals surface area contributed by atoms with E-state index in [1.54, 1.807) is 0 Å². The zero-order valence-corrected chi connectivity index (χ0v) is 19.6. The topological polar surface area (TPSA) is 94.5 Å². The van der Waals surface area contributed by atoms with Crippen molar-refractivity contribution in [1.82, 2.24) is 15.1 Å². The minimum atomic E-state index is -0.540. The summed E-state index contributed by atoms with van der Waals surface area (Å²) < 4.78 is 12.5. The Hall–Kier alpha value is -3.03. The van der Waals surface area contributed by atoms with Crippen LogP contribution >= 0.6 is 0 Å². The SMILES string of the molecule is CC(C)OC(=O)NC1CCC(c2cc(NC(=O)OCc3ccccc3)nn2C(C)(C)C)C1. The Balaban J connectivity index is 1.65. The molecule has 2 atom stereocenters. The van der Waals surface area contributed by atoms with Crippen LogP contribution in [0.1, 0.15) is 71.1 Å². The lowest BCUT2D eigenvalue weighted by Gasteiger charge is -2.25. The standard InChI is InChI=1S/C24H34N4O4/c1-16(2)32-23(30)25-19-12-11-18(13-19)20-14-21(27-28(20)24(3,4)5)26-22(29)31-15-17-9-7-6-8-10-17/h6-10,14,16,18-19H,11-13,15H2,1-5H3,(H,25,30)(H,26,27,29). The van der Waals surface area contributed by atoms with Crippen molar-refractivity contribution >= 4 is 18.0 Å². The maximum Gasteiger partial charge on any atom is 0.413 e. The van der Waals surface area contributed by atoms with Gasteiger partial charge in [0, 0.05) is 23.7 Å². The lowest BCUT2D eigenvalue weighted by molar-refractivity contribution is 0.112. The molecule has 2 N–H and O–H groups in total. The molecule has 174 valence electrons. The number of carbonyl (C=O) groups is 2. The number of rotatable bonds is 6. The van der Waals surface area contributed by atoms with Crippen LogP contribution in [0, 0.1) is 0 Å². The van der Waals surface area contributed by atoms with Crippen LogP contribution < -0.4 is 10.6 Å². The van der Waals surface area contributed by atoms with E-state index in [0.29, 0.717) is 5.82 Å². The van der Waals surface area contributed by atoms with Crippen molar-refractivity contribution in [3.63, 3.8) is 0 Å². The summed E-state index contributed by atoms with van der Waals surface area (Å²) in [5.41, 5.74) is 1.70. The Morgan fingerprint density at radius 2 is 1.88 bits per heavy atom. The van der Waals surface area contributed by atoms with E-state index >= 15 is 0 Å². The van der Waals surface area contributed by atoms with E-state index in [1.807, 2.05) is 54.9 Å². The van der Waals surface area contributed by atoms with Crippen LogP contribution in [0.4, 0.5) is 15.4 Å². The Morgan fingerprint density at radius 1 is 1.16 bits per heavy atom. The molecule has 1 saturated carbocycles. The second-order valence-electron chi connectivity index (χ2n) is 9.53. The molecule has 1 aliphatic carbocycles. The molecule has 2 aromatic rings. The summed E-state index contributed by atoms with van der Waals surface area (Å²) in [5, 5.41) is 10.3. The molecule has 0 spiro atoms. The van der Waals surface area contributed by atoms with Gasteiger partial charge >= 0.3 is 12.2 Å². The van der Waals surface area contributed by atoms with Crippen LogP contribution in [-0.4, -0.2) is 34.1 Å². The fourth-order valence-corrected chi connectivity index (χ4v) is 3.94. The minimum absolute atomic E-state index is 0.0572. The average molecular weight is 443 g/mol. The predicted molar refractivity (Wildman–Crippen MR) is 123 cm³/mol. The first kappa shape index (κ1) is 23.6. The monoisotopic (exact) mass is 442 g/mol. The van der Waals surface area contributed by atoms with Crippen LogP contribution in [0.2, 0.25) is 0 Å². The third-order valence-corrected chi connectivity index (χ3v) is 5.33. The second-order valence-corrected chi connectivity index (χ2v) is 9.53. The maximum absolute atomic E-state index is 12.3. The number of nitrogens with one attached hydrogen (secondary N) is 2. The van der Waals surface area contributed by atoms with Crippen LogP contribution in [0.3, 0.4) is 0 Å². The molecular formula is C24H34N4O4. The van der Waals surface area contributed by atoms with Gasteiger partial charge in [0.1, 0.15) is 6.61 Å². The molecule has 1 fully saturated rings. The van der Waals surface area contributed by atoms with Crippen LogP contribution in [0.25, 0.3) is 0 Å². The van der Waals surface area contributed by atoms with Crippen LogP contribution in [0.15, 0.2) is 36.4 Å². The van der Waals surface area contributed by atoms with Crippen LogP contribution in [-0.2, 0) is 21.6 Å². The number of benzene rings is 1. The van der Waals surface area contributed by atoms with E-state index in [4.69, 9.17) is 9.47 Å². The van der Waals surface area contributed by atoms with Crippen LogP contribution in [0.5, 0.6) is 0 Å². The van der Waals surface area contributed by atoms with Gasteiger partial charge in [-0.25, -0.2) is 9.59 Å². The van der Waals surface area contributed by atoms with E-state index in [1.165, 1.54) is 0 Å². The summed E-state index contributed by atoms with van der Waals surface area (Å²) >= 11 is 0. The fraction of sp³-hybridized carbons (Fsp3) is 0.542. The fourth-order valence-electron chi connectivity index (χ4n) is 3.94. The zero-order chi connectivity index (χ0) is 23.3. The van der Waals surface area contributed by atoms with E-state index in [-0.39, 0.29) is 36.3 Å². The molecular weight excluding hydrogens is 408 g/mol. The first-order valence-corrected chi connectivity index (χ1v) is 11.2. The molecule has 8 nitrogen and oxygen atoms in total. The van der Waals surface area contributed by atoms with Gasteiger partial charge in [-0.15, -0.1) is 0 Å². The van der Waals surface area contributed by atoms with Crippen molar-refractivity contribution in [2.24, 2.45) is 0 Å². The van der Waals surface area contributed by atoms with Crippen molar-refractivity contribution in [2.45, 2.75) is 84.1 Å². The zero-order valence-electron chi connectivity index (χ0n) is 19.6. The Bertz CT molecular complexity index is 918. The summed E-state index contributed by atoms with van der Waals surface area (Å²) in [7, 11) is 0. The van der Waals surface area contributed by atoms with Gasteiger partial charge in [0.25, 0.3) is 0 Å². The lowest BCUT2D eigenvalue weighted by Crippen LogP contribution is -2.34. The molecule has 1 aromatic heterocycles. The molecule has 0 saturated heterocycles. The maximum atomic E-state index is 12.3. The molecule has 8 heteroatoms. The summed E-state index contributed by atoms with van der Waals surface area (Å²) in [4.78, 5) is 24.3. The van der Waals surface area contributed by atoms with E-state index in [2.05, 4.69) is 36.5 Å². The van der Waals surface area contributed by atoms with Gasteiger partial charge in [0.2, 0.25) is 0 Å². The lowest BCUT2D eigenvalue weighted by atomic mass is 10.0. The van der Waals surface area contributed by atoms with E-state index in [9.17, 15) is 9.59 Å². The van der Waals surface area contributed by atoms with Gasteiger partial charge in [-0.05, 0) is 59.4 Å². The summed E-state index contributed by atoms with van der Waals surface area (Å²) in [6.45, 7) is 10.1. The number of nitrogens with zero attached hydrogens (tertiary/aromatic N) is 2. The molecule has 1 aromatic carbocycles. The summed E-state index contributed by atoms with van der Waals surface area (Å²) in [5.74, 6) is 0.686. The molecule has 1 aliphatic rings. The second kappa shape index (κ2) is 10.1. The van der Waals surface area contributed by atoms with Crippen molar-refractivity contribution in [2.75, 3.05) is 5.32 Å². The molecule has 3 rings (SSSR count). The van der Waals surface area contributed by atoms with Gasteiger partial charge in [0.05, 0.1) is 11.6 Å². The molecule has 32 heavy (non-hydrogen) atoms. The molecule has 0 bridgehead atoms. The third-order valence-electron chi connectivity index (χ3n) is 5.33. The smallest absolute Gasteiger partial charge is 0.413 e. The Kier molecular flexibility index (Phi) is 7.43. The molecule has 2 unspecified atom stereocenters. The number of ether oxygens (including phenoxy) is 2. The predicted octanol–water partition coefficient (Wildman–Crippen LogP) is 5.16. The highest BCUT2D eigenvalue weighted by atomic mass is 16.6. The summed E-state index contributed by atoms with van der Waals surface area (Å²) in [6.07, 6.45) is 1.53. The number of anilines is 1. The van der Waals surface area contributed by atoms with Gasteiger partial charge in [-0.2, -0.15) is 5.10 Å². The summed E-state index contributed by atoms with van der Waals surface area (Å²) in [6, 6.07) is 11.5. The largest absolute Gasteiger partial charge is 0.447 e.